The molecular formula is C9H20N2. The van der Waals surface area contributed by atoms with E-state index in [9.17, 15) is 0 Å². The first-order valence-corrected chi connectivity index (χ1v) is 4.67. The minimum Gasteiger partial charge on any atom is -0.479 e. The first-order chi connectivity index (χ1) is 5.36. The summed E-state index contributed by atoms with van der Waals surface area (Å²) in [7, 11) is 3.77. The van der Waals surface area contributed by atoms with Gasteiger partial charge in [0.15, 0.2) is 0 Å². The lowest BCUT2D eigenvalue weighted by Gasteiger charge is -2.27. The molecule has 1 rings (SSSR count). The zero-order valence-electron chi connectivity index (χ0n) is 7.26. The first-order valence-electron chi connectivity index (χ1n) is 4.67. The van der Waals surface area contributed by atoms with Crippen LogP contribution in [-0.4, -0.2) is 13.1 Å². The minimum absolute atomic E-state index is 0.800. The van der Waals surface area contributed by atoms with Crippen LogP contribution in [0.15, 0.2) is 0 Å². The van der Waals surface area contributed by atoms with Crippen molar-refractivity contribution >= 4 is 0 Å². The lowest BCUT2D eigenvalue weighted by Crippen LogP contribution is -2.78. The second-order valence-corrected chi connectivity index (χ2v) is 3.66. The molecule has 1 fully saturated rings. The Kier molecular flexibility index (Phi) is 3.87. The molecule has 2 atom stereocenters. The molecule has 1 aliphatic rings. The number of quaternary nitrogens is 1. The van der Waals surface area contributed by atoms with Crippen LogP contribution in [0.25, 0.3) is 0 Å². The summed E-state index contributed by atoms with van der Waals surface area (Å²) >= 11 is 0. The third kappa shape index (κ3) is 2.80. The van der Waals surface area contributed by atoms with Gasteiger partial charge in [0.05, 0.1) is 6.54 Å². The van der Waals surface area contributed by atoms with E-state index in [0.29, 0.717) is 0 Å². The van der Waals surface area contributed by atoms with Gasteiger partial charge in [0.2, 0.25) is 0 Å². The van der Waals surface area contributed by atoms with Crippen LogP contribution in [-0.2, 0) is 0 Å². The summed E-state index contributed by atoms with van der Waals surface area (Å²) in [5.74, 6) is 1.68. The topological polar surface area (TPSA) is 42.6 Å². The lowest BCUT2D eigenvalue weighted by molar-refractivity contribution is -0.602. The predicted molar refractivity (Wildman–Crippen MR) is 46.7 cm³/mol. The molecule has 0 saturated heterocycles. The lowest BCUT2D eigenvalue weighted by atomic mass is 9.81. The van der Waals surface area contributed by atoms with Crippen molar-refractivity contribution in [3.8, 4) is 0 Å². The van der Waals surface area contributed by atoms with Gasteiger partial charge in [-0.25, -0.2) is 0 Å². The predicted octanol–water partition coefficient (Wildman–Crippen LogP) is 0.106. The molecule has 0 heterocycles. The van der Waals surface area contributed by atoms with Crippen molar-refractivity contribution in [1.82, 2.24) is 0 Å². The second kappa shape index (κ2) is 4.73. The Morgan fingerprint density at radius 1 is 1.36 bits per heavy atom. The second-order valence-electron chi connectivity index (χ2n) is 3.66. The summed E-state index contributed by atoms with van der Waals surface area (Å²) < 4.78 is 0. The minimum atomic E-state index is 0.800. The van der Waals surface area contributed by atoms with Crippen LogP contribution in [0.3, 0.4) is 0 Å². The Labute approximate surface area is 69.5 Å². The number of rotatable bonds is 3. The monoisotopic (exact) mass is 156 g/mol. The molecule has 2 unspecified atom stereocenters. The van der Waals surface area contributed by atoms with Crippen LogP contribution in [0.1, 0.15) is 25.7 Å². The molecule has 0 spiro atoms. The highest BCUT2D eigenvalue weighted by Gasteiger charge is 2.20. The zero-order chi connectivity index (χ0) is 8.10. The summed E-state index contributed by atoms with van der Waals surface area (Å²) in [6, 6.07) is 0. The highest BCUT2D eigenvalue weighted by atomic mass is 14.8. The fourth-order valence-corrected chi connectivity index (χ4v) is 2.07. The van der Waals surface area contributed by atoms with E-state index < -0.39 is 0 Å². The van der Waals surface area contributed by atoms with Gasteiger partial charge in [-0.15, -0.1) is 0 Å². The van der Waals surface area contributed by atoms with Crippen molar-refractivity contribution in [1.29, 1.82) is 0 Å². The summed E-state index contributed by atoms with van der Waals surface area (Å²) in [6.07, 6.45) is 5.45. The summed E-state index contributed by atoms with van der Waals surface area (Å²) in [6.45, 7) is 2.07. The Morgan fingerprint density at radius 2 is 2.09 bits per heavy atom. The van der Waals surface area contributed by atoms with Gasteiger partial charge in [0.25, 0.3) is 0 Å². The number of hydrogen-bond donors (Lipinski definition) is 2. The van der Waals surface area contributed by atoms with Crippen molar-refractivity contribution in [2.24, 2.45) is 17.6 Å². The largest absolute Gasteiger partial charge is 0.479 e. The fourth-order valence-electron chi connectivity index (χ4n) is 2.07. The van der Waals surface area contributed by atoms with Gasteiger partial charge in [-0.1, -0.05) is 6.42 Å². The molecule has 0 aliphatic heterocycles. The SMILES string of the molecule is [CH2-][NH2+]CC1CCCC(CN)C1. The molecule has 0 aromatic rings. The summed E-state index contributed by atoms with van der Waals surface area (Å²) in [4.78, 5) is 0. The normalized spacial score (nSPS) is 32.2. The third-order valence-electron chi connectivity index (χ3n) is 2.72. The van der Waals surface area contributed by atoms with Gasteiger partial charge in [0, 0.05) is 5.92 Å². The van der Waals surface area contributed by atoms with E-state index in [4.69, 9.17) is 5.73 Å². The molecule has 11 heavy (non-hydrogen) atoms. The van der Waals surface area contributed by atoms with E-state index in [1.54, 1.807) is 0 Å². The molecule has 1 saturated carbocycles. The molecular weight excluding hydrogens is 136 g/mol. The third-order valence-corrected chi connectivity index (χ3v) is 2.72. The molecule has 2 heteroatoms. The molecule has 0 amide bonds. The Morgan fingerprint density at radius 3 is 2.73 bits per heavy atom. The van der Waals surface area contributed by atoms with Gasteiger partial charge in [0.1, 0.15) is 0 Å². The van der Waals surface area contributed by atoms with E-state index >= 15 is 0 Å². The van der Waals surface area contributed by atoms with Crippen molar-refractivity contribution in [2.45, 2.75) is 25.7 Å². The van der Waals surface area contributed by atoms with Crippen molar-refractivity contribution in [3.63, 3.8) is 0 Å². The summed E-state index contributed by atoms with van der Waals surface area (Å²) in [5, 5.41) is 2.05. The van der Waals surface area contributed by atoms with E-state index in [1.165, 1.54) is 32.2 Å². The maximum atomic E-state index is 5.64. The molecule has 0 radical (unpaired) electrons. The smallest absolute Gasteiger partial charge is 0.0544 e. The van der Waals surface area contributed by atoms with Crippen molar-refractivity contribution < 1.29 is 5.32 Å². The summed E-state index contributed by atoms with van der Waals surface area (Å²) in [5.41, 5.74) is 5.64. The van der Waals surface area contributed by atoms with Gasteiger partial charge >= 0.3 is 0 Å². The molecule has 0 aromatic carbocycles. The average molecular weight is 156 g/mol. The standard InChI is InChI=1S/C9H20N2/c1-11-7-9-4-2-3-8(5-9)6-10/h8-9H,1-7,10-11H2. The highest BCUT2D eigenvalue weighted by Crippen LogP contribution is 2.26. The van der Waals surface area contributed by atoms with Crippen LogP contribution in [0.2, 0.25) is 0 Å². The van der Waals surface area contributed by atoms with E-state index in [-0.39, 0.29) is 0 Å². The van der Waals surface area contributed by atoms with Gasteiger partial charge in [-0.2, -0.15) is 7.05 Å². The highest BCUT2D eigenvalue weighted by molar-refractivity contribution is 4.72. The molecule has 66 valence electrons. The van der Waals surface area contributed by atoms with Gasteiger partial charge in [-0.3, -0.25) is 0 Å². The Bertz CT molecular complexity index is 102. The van der Waals surface area contributed by atoms with Crippen LogP contribution < -0.4 is 11.1 Å². The molecule has 1 aliphatic carbocycles. The van der Waals surface area contributed by atoms with Crippen molar-refractivity contribution in [3.05, 3.63) is 7.05 Å². The Hall–Kier alpha value is -0.0800. The van der Waals surface area contributed by atoms with Crippen LogP contribution in [0, 0.1) is 18.9 Å². The van der Waals surface area contributed by atoms with Gasteiger partial charge < -0.3 is 11.1 Å². The van der Waals surface area contributed by atoms with Gasteiger partial charge in [-0.05, 0) is 31.7 Å². The maximum Gasteiger partial charge on any atom is 0.0544 e. The first kappa shape index (κ1) is 9.01. The average Bonchev–Trinajstić information content (AvgIpc) is 2.06. The molecule has 4 N–H and O–H groups in total. The van der Waals surface area contributed by atoms with E-state index in [0.717, 1.165) is 18.4 Å². The number of nitrogens with two attached hydrogens (primary N) is 2. The van der Waals surface area contributed by atoms with Crippen molar-refractivity contribution in [2.75, 3.05) is 13.1 Å². The quantitative estimate of drug-likeness (QED) is 0.559. The van der Waals surface area contributed by atoms with Crippen LogP contribution >= 0.6 is 0 Å². The maximum absolute atomic E-state index is 5.64. The Balaban J connectivity index is 2.21. The molecule has 0 bridgehead atoms. The van der Waals surface area contributed by atoms with E-state index in [2.05, 4.69) is 7.05 Å². The molecule has 0 aromatic heterocycles. The van der Waals surface area contributed by atoms with Crippen LogP contribution in [0.5, 0.6) is 0 Å². The fraction of sp³-hybridized carbons (Fsp3) is 0.889. The van der Waals surface area contributed by atoms with E-state index in [1.807, 2.05) is 5.32 Å². The number of hydrogen-bond acceptors (Lipinski definition) is 1. The molecule has 2 nitrogen and oxygen atoms in total. The zero-order valence-corrected chi connectivity index (χ0v) is 7.26. The van der Waals surface area contributed by atoms with Crippen LogP contribution in [0.4, 0.5) is 0 Å².